The number of allylic oxidation sites excluding steroid dienone is 2. The van der Waals surface area contributed by atoms with Crippen molar-refractivity contribution in [3.05, 3.63) is 65.3 Å². The summed E-state index contributed by atoms with van der Waals surface area (Å²) in [6, 6.07) is 6.34. The van der Waals surface area contributed by atoms with Crippen LogP contribution in [0, 0.1) is 10.1 Å². The Kier molecular flexibility index (Phi) is 6.94. The van der Waals surface area contributed by atoms with Gasteiger partial charge in [0.2, 0.25) is 0 Å². The third-order valence-electron chi connectivity index (χ3n) is 1.94. The van der Waals surface area contributed by atoms with Gasteiger partial charge in [-0.05, 0) is 25.1 Å². The summed E-state index contributed by atoms with van der Waals surface area (Å²) in [5.74, 6) is 0. The summed E-state index contributed by atoms with van der Waals surface area (Å²) in [6.07, 6.45) is 3.74. The van der Waals surface area contributed by atoms with E-state index < -0.39 is 4.92 Å². The molecule has 1 aromatic carbocycles. The van der Waals surface area contributed by atoms with Crippen LogP contribution in [0.5, 0.6) is 0 Å². The van der Waals surface area contributed by atoms with Gasteiger partial charge in [0.25, 0.3) is 5.69 Å². The SMILES string of the molecule is C/C=C\C(=NC)c1ccc([N+](=O)[O-])cc1.C=C. The number of benzene rings is 1. The largest absolute Gasteiger partial charge is 0.288 e. The molecule has 4 nitrogen and oxygen atoms in total. The van der Waals surface area contributed by atoms with Gasteiger partial charge in [0.15, 0.2) is 0 Å². The first kappa shape index (κ1) is 14.8. The van der Waals surface area contributed by atoms with Gasteiger partial charge in [-0.15, -0.1) is 13.2 Å². The summed E-state index contributed by atoms with van der Waals surface area (Å²) < 4.78 is 0. The fourth-order valence-electron chi connectivity index (χ4n) is 1.21. The molecular weight excluding hydrogens is 216 g/mol. The first-order valence-corrected chi connectivity index (χ1v) is 5.03. The lowest BCUT2D eigenvalue weighted by molar-refractivity contribution is -0.384. The van der Waals surface area contributed by atoms with Crippen LogP contribution in [0.25, 0.3) is 0 Å². The molecule has 0 aromatic heterocycles. The monoisotopic (exact) mass is 232 g/mol. The Hall–Kier alpha value is -2.23. The molecule has 0 amide bonds. The number of non-ortho nitro benzene ring substituents is 1. The van der Waals surface area contributed by atoms with Gasteiger partial charge < -0.3 is 0 Å². The fourth-order valence-corrected chi connectivity index (χ4v) is 1.21. The van der Waals surface area contributed by atoms with E-state index in [1.165, 1.54) is 12.1 Å². The van der Waals surface area contributed by atoms with Gasteiger partial charge in [-0.25, -0.2) is 0 Å². The third-order valence-corrected chi connectivity index (χ3v) is 1.94. The van der Waals surface area contributed by atoms with Gasteiger partial charge in [0.05, 0.1) is 10.6 Å². The van der Waals surface area contributed by atoms with E-state index in [1.807, 2.05) is 19.1 Å². The second-order valence-corrected chi connectivity index (χ2v) is 2.91. The number of hydrogen-bond donors (Lipinski definition) is 0. The summed E-state index contributed by atoms with van der Waals surface area (Å²) in [4.78, 5) is 14.1. The lowest BCUT2D eigenvalue weighted by Crippen LogP contribution is -1.96. The number of aliphatic imine (C=N–C) groups is 1. The van der Waals surface area contributed by atoms with E-state index in [2.05, 4.69) is 18.2 Å². The minimum absolute atomic E-state index is 0.0923. The molecule has 17 heavy (non-hydrogen) atoms. The predicted octanol–water partition coefficient (Wildman–Crippen LogP) is 3.39. The van der Waals surface area contributed by atoms with Gasteiger partial charge in [0.1, 0.15) is 0 Å². The molecule has 0 atom stereocenters. The number of nitrogens with zero attached hydrogens (tertiary/aromatic N) is 2. The average Bonchev–Trinajstić information content (AvgIpc) is 2.38. The van der Waals surface area contributed by atoms with Crippen LogP contribution >= 0.6 is 0 Å². The van der Waals surface area contributed by atoms with E-state index in [4.69, 9.17) is 0 Å². The lowest BCUT2D eigenvalue weighted by Gasteiger charge is -1.99. The van der Waals surface area contributed by atoms with Crippen molar-refractivity contribution < 1.29 is 4.92 Å². The molecule has 0 aliphatic heterocycles. The zero-order valence-electron chi connectivity index (χ0n) is 10.1. The van der Waals surface area contributed by atoms with E-state index in [0.29, 0.717) is 0 Å². The van der Waals surface area contributed by atoms with Crippen LogP contribution in [-0.2, 0) is 0 Å². The summed E-state index contributed by atoms with van der Waals surface area (Å²) in [7, 11) is 1.69. The Morgan fingerprint density at radius 3 is 2.24 bits per heavy atom. The number of nitro benzene ring substituents is 1. The second kappa shape index (κ2) is 7.98. The molecule has 0 spiro atoms. The van der Waals surface area contributed by atoms with Crippen LogP contribution in [0.4, 0.5) is 5.69 Å². The van der Waals surface area contributed by atoms with E-state index in [0.717, 1.165) is 11.3 Å². The van der Waals surface area contributed by atoms with Crippen molar-refractivity contribution in [1.29, 1.82) is 0 Å². The van der Waals surface area contributed by atoms with Crippen molar-refractivity contribution in [1.82, 2.24) is 0 Å². The van der Waals surface area contributed by atoms with Crippen LogP contribution in [0.1, 0.15) is 12.5 Å². The highest BCUT2D eigenvalue weighted by Crippen LogP contribution is 2.12. The molecule has 0 saturated carbocycles. The van der Waals surface area contributed by atoms with Crippen molar-refractivity contribution in [3.8, 4) is 0 Å². The Morgan fingerprint density at radius 1 is 1.35 bits per heavy atom. The van der Waals surface area contributed by atoms with E-state index in [1.54, 1.807) is 19.2 Å². The normalized spacial score (nSPS) is 10.8. The Labute approximate surface area is 101 Å². The molecular formula is C13H16N2O2. The molecule has 1 aromatic rings. The third kappa shape index (κ3) is 4.42. The van der Waals surface area contributed by atoms with Crippen molar-refractivity contribution in [2.75, 3.05) is 7.05 Å². The van der Waals surface area contributed by atoms with E-state index in [-0.39, 0.29) is 5.69 Å². The molecule has 1 rings (SSSR count). The van der Waals surface area contributed by atoms with Gasteiger partial charge in [0, 0.05) is 24.7 Å². The van der Waals surface area contributed by atoms with Crippen LogP contribution < -0.4 is 0 Å². The molecule has 0 aliphatic rings. The minimum atomic E-state index is -0.414. The fraction of sp³-hybridized carbons (Fsp3) is 0.154. The molecule has 0 bridgehead atoms. The first-order valence-electron chi connectivity index (χ1n) is 5.03. The highest BCUT2D eigenvalue weighted by atomic mass is 16.6. The highest BCUT2D eigenvalue weighted by molar-refractivity contribution is 6.08. The van der Waals surface area contributed by atoms with Gasteiger partial charge in [-0.3, -0.25) is 15.1 Å². The second-order valence-electron chi connectivity index (χ2n) is 2.91. The maximum absolute atomic E-state index is 10.4. The standard InChI is InChI=1S/C11H12N2O2.C2H4/c1-3-4-11(12-2)9-5-7-10(8-6-9)13(14)15;1-2/h3-8H,1-2H3;1-2H2/b4-3-,12-11?;. The first-order chi connectivity index (χ1) is 8.19. The van der Waals surface area contributed by atoms with E-state index in [9.17, 15) is 10.1 Å². The molecule has 0 fully saturated rings. The highest BCUT2D eigenvalue weighted by Gasteiger charge is 2.05. The minimum Gasteiger partial charge on any atom is -0.288 e. The quantitative estimate of drug-likeness (QED) is 0.347. The molecule has 0 saturated heterocycles. The van der Waals surface area contributed by atoms with Crippen molar-refractivity contribution in [2.24, 2.45) is 4.99 Å². The molecule has 4 heteroatoms. The maximum atomic E-state index is 10.4. The van der Waals surface area contributed by atoms with Gasteiger partial charge >= 0.3 is 0 Å². The molecule has 0 heterocycles. The van der Waals surface area contributed by atoms with Crippen LogP contribution in [0.15, 0.2) is 54.6 Å². The number of rotatable bonds is 3. The molecule has 0 unspecified atom stereocenters. The zero-order valence-corrected chi connectivity index (χ0v) is 10.1. The average molecular weight is 232 g/mol. The van der Waals surface area contributed by atoms with Crippen molar-refractivity contribution in [2.45, 2.75) is 6.92 Å². The molecule has 0 aliphatic carbocycles. The maximum Gasteiger partial charge on any atom is 0.269 e. The van der Waals surface area contributed by atoms with Crippen LogP contribution in [0.2, 0.25) is 0 Å². The Bertz CT molecular complexity index is 420. The summed E-state index contributed by atoms with van der Waals surface area (Å²) in [5, 5.41) is 10.4. The van der Waals surface area contributed by atoms with Crippen molar-refractivity contribution >= 4 is 11.4 Å². The molecule has 90 valence electrons. The molecule has 0 N–H and O–H groups in total. The Morgan fingerprint density at radius 2 is 1.88 bits per heavy atom. The smallest absolute Gasteiger partial charge is 0.269 e. The summed E-state index contributed by atoms with van der Waals surface area (Å²) in [5.41, 5.74) is 1.78. The number of hydrogen-bond acceptors (Lipinski definition) is 3. The zero-order chi connectivity index (χ0) is 13.3. The van der Waals surface area contributed by atoms with Gasteiger partial charge in [-0.1, -0.05) is 6.08 Å². The van der Waals surface area contributed by atoms with E-state index >= 15 is 0 Å². The van der Waals surface area contributed by atoms with Gasteiger partial charge in [-0.2, -0.15) is 0 Å². The number of nitro groups is 1. The Balaban J connectivity index is 0.00000121. The van der Waals surface area contributed by atoms with Crippen molar-refractivity contribution in [3.63, 3.8) is 0 Å². The summed E-state index contributed by atoms with van der Waals surface area (Å²) in [6.45, 7) is 7.90. The summed E-state index contributed by atoms with van der Waals surface area (Å²) >= 11 is 0. The predicted molar refractivity (Wildman–Crippen MR) is 71.6 cm³/mol. The van der Waals surface area contributed by atoms with Crippen LogP contribution in [0.3, 0.4) is 0 Å². The lowest BCUT2D eigenvalue weighted by atomic mass is 10.1. The topological polar surface area (TPSA) is 55.5 Å². The van der Waals surface area contributed by atoms with Crippen LogP contribution in [-0.4, -0.2) is 17.7 Å². The molecule has 0 radical (unpaired) electrons.